The number of carbonyl (C=O) groups excluding carboxylic acids is 1. The summed E-state index contributed by atoms with van der Waals surface area (Å²) in [4.78, 5) is 18.4. The number of piperazine rings is 1. The molecule has 5 nitrogen and oxygen atoms in total. The zero-order chi connectivity index (χ0) is 21.5. The lowest BCUT2D eigenvalue weighted by molar-refractivity contribution is 0.0951. The zero-order valence-electron chi connectivity index (χ0n) is 17.5. The van der Waals surface area contributed by atoms with Crippen LogP contribution in [0.25, 0.3) is 16.0 Å². The maximum absolute atomic E-state index is 12.5. The highest BCUT2D eigenvalue weighted by Crippen LogP contribution is 2.26. The summed E-state index contributed by atoms with van der Waals surface area (Å²) < 4.78 is 0. The van der Waals surface area contributed by atoms with Gasteiger partial charge in [0.25, 0.3) is 0 Å². The molecular weight excluding hydrogens is 384 g/mol. The van der Waals surface area contributed by atoms with Crippen LogP contribution in [0.4, 0.5) is 5.69 Å². The van der Waals surface area contributed by atoms with Gasteiger partial charge in [0.05, 0.1) is 6.57 Å². The first-order valence-electron chi connectivity index (χ1n) is 10.6. The molecule has 1 aliphatic heterocycles. The number of carbonyl (C=O) groups is 1. The van der Waals surface area contributed by atoms with E-state index in [2.05, 4.69) is 56.8 Å². The Morgan fingerprint density at radius 2 is 1.81 bits per heavy atom. The van der Waals surface area contributed by atoms with Crippen LogP contribution < -0.4 is 10.6 Å². The van der Waals surface area contributed by atoms with Gasteiger partial charge < -0.3 is 10.6 Å². The number of hydrogen-bond donors (Lipinski definition) is 2. The van der Waals surface area contributed by atoms with Gasteiger partial charge in [-0.1, -0.05) is 60.7 Å². The fourth-order valence-electron chi connectivity index (χ4n) is 3.90. The highest BCUT2D eigenvalue weighted by Gasteiger charge is 2.13. The lowest BCUT2D eigenvalue weighted by Crippen LogP contribution is -2.42. The van der Waals surface area contributed by atoms with Gasteiger partial charge in [-0.2, -0.15) is 0 Å². The molecule has 2 N–H and O–H groups in total. The summed E-state index contributed by atoms with van der Waals surface area (Å²) in [7, 11) is 0. The Kier molecular flexibility index (Phi) is 6.73. The average molecular weight is 411 g/mol. The van der Waals surface area contributed by atoms with Crippen molar-refractivity contribution >= 4 is 11.6 Å². The van der Waals surface area contributed by atoms with Crippen LogP contribution >= 0.6 is 0 Å². The Morgan fingerprint density at radius 3 is 2.65 bits per heavy atom. The summed E-state index contributed by atoms with van der Waals surface area (Å²) >= 11 is 0. The van der Waals surface area contributed by atoms with Crippen LogP contribution in [0.5, 0.6) is 0 Å². The van der Waals surface area contributed by atoms with Crippen LogP contribution in [0.1, 0.15) is 21.5 Å². The minimum absolute atomic E-state index is 0.171. The molecular formula is C26H26N4O. The second kappa shape index (κ2) is 10.0. The Bertz CT molecular complexity index is 1100. The van der Waals surface area contributed by atoms with Crippen molar-refractivity contribution in [2.45, 2.75) is 13.1 Å². The fraction of sp³-hybridized carbons (Fsp3) is 0.231. The quantitative estimate of drug-likeness (QED) is 0.598. The van der Waals surface area contributed by atoms with Gasteiger partial charge in [0.15, 0.2) is 5.69 Å². The molecule has 0 saturated carbocycles. The second-order valence-corrected chi connectivity index (χ2v) is 7.73. The number of hydrogen-bond acceptors (Lipinski definition) is 3. The number of benzene rings is 3. The van der Waals surface area contributed by atoms with Crippen LogP contribution in [-0.2, 0) is 13.1 Å². The molecule has 5 heteroatoms. The molecule has 0 aromatic heterocycles. The third-order valence-corrected chi connectivity index (χ3v) is 5.55. The van der Waals surface area contributed by atoms with Gasteiger partial charge in [-0.05, 0) is 34.4 Å². The number of nitrogens with one attached hydrogen (secondary N) is 2. The van der Waals surface area contributed by atoms with Crippen LogP contribution in [0.2, 0.25) is 0 Å². The topological polar surface area (TPSA) is 48.7 Å². The molecule has 0 aliphatic carbocycles. The molecule has 1 saturated heterocycles. The first-order chi connectivity index (χ1) is 15.2. The molecule has 1 aliphatic rings. The lowest BCUT2D eigenvalue weighted by Gasteiger charge is -2.28. The standard InChI is InChI=1S/C26H26N4O/c1-27-24-10-5-9-22(17-24)26(31)29-18-20-6-4-8-21(16-20)25-11-3-2-7-23(25)19-30-14-12-28-13-15-30/h2-11,16-17,28H,12-15,18-19H2,(H,29,31). The second-order valence-electron chi connectivity index (χ2n) is 7.73. The molecule has 1 heterocycles. The van der Waals surface area contributed by atoms with Gasteiger partial charge in [-0.15, -0.1) is 0 Å². The maximum atomic E-state index is 12.5. The molecule has 0 unspecified atom stereocenters. The zero-order valence-corrected chi connectivity index (χ0v) is 17.5. The SMILES string of the molecule is [C-]#[N+]c1cccc(C(=O)NCc2cccc(-c3ccccc3CN3CCNCC3)c2)c1. The maximum Gasteiger partial charge on any atom is 0.250 e. The van der Waals surface area contributed by atoms with E-state index in [1.165, 1.54) is 11.1 Å². The third kappa shape index (κ3) is 5.37. The van der Waals surface area contributed by atoms with E-state index in [0.29, 0.717) is 17.8 Å². The molecule has 4 rings (SSSR count). The van der Waals surface area contributed by atoms with Crippen LogP contribution in [0, 0.1) is 6.57 Å². The predicted molar refractivity (Wildman–Crippen MR) is 124 cm³/mol. The van der Waals surface area contributed by atoms with Gasteiger partial charge >= 0.3 is 0 Å². The van der Waals surface area contributed by atoms with Crippen molar-refractivity contribution in [1.29, 1.82) is 0 Å². The molecule has 1 fully saturated rings. The fourth-order valence-corrected chi connectivity index (χ4v) is 3.90. The number of rotatable bonds is 6. The summed E-state index contributed by atoms with van der Waals surface area (Å²) in [6, 6.07) is 23.7. The van der Waals surface area contributed by atoms with Crippen molar-refractivity contribution in [3.8, 4) is 11.1 Å². The average Bonchev–Trinajstić information content (AvgIpc) is 2.84. The van der Waals surface area contributed by atoms with Gasteiger partial charge in [-0.3, -0.25) is 9.69 Å². The Labute approximate surface area is 183 Å². The molecule has 0 atom stereocenters. The first kappa shape index (κ1) is 20.8. The summed E-state index contributed by atoms with van der Waals surface area (Å²) in [6.07, 6.45) is 0. The highest BCUT2D eigenvalue weighted by molar-refractivity contribution is 5.95. The van der Waals surface area contributed by atoms with E-state index in [1.54, 1.807) is 24.3 Å². The molecule has 0 spiro atoms. The molecule has 3 aromatic rings. The third-order valence-electron chi connectivity index (χ3n) is 5.55. The minimum atomic E-state index is -0.171. The van der Waals surface area contributed by atoms with Crippen LogP contribution in [0.15, 0.2) is 72.8 Å². The van der Waals surface area contributed by atoms with Crippen molar-refractivity contribution < 1.29 is 4.79 Å². The van der Waals surface area contributed by atoms with E-state index in [9.17, 15) is 4.79 Å². The highest BCUT2D eigenvalue weighted by atomic mass is 16.1. The lowest BCUT2D eigenvalue weighted by atomic mass is 9.97. The minimum Gasteiger partial charge on any atom is -0.348 e. The van der Waals surface area contributed by atoms with E-state index in [4.69, 9.17) is 6.57 Å². The van der Waals surface area contributed by atoms with Crippen molar-refractivity contribution in [3.05, 3.63) is 101 Å². The number of nitrogens with zero attached hydrogens (tertiary/aromatic N) is 2. The molecule has 0 radical (unpaired) electrons. The molecule has 3 aromatic carbocycles. The van der Waals surface area contributed by atoms with E-state index in [-0.39, 0.29) is 5.91 Å². The largest absolute Gasteiger partial charge is 0.348 e. The predicted octanol–water partition coefficient (Wildman–Crippen LogP) is 4.24. The molecule has 31 heavy (non-hydrogen) atoms. The van der Waals surface area contributed by atoms with Crippen molar-refractivity contribution in [2.24, 2.45) is 0 Å². The van der Waals surface area contributed by atoms with Gasteiger partial charge in [0, 0.05) is 44.8 Å². The Hall–Kier alpha value is -3.46. The van der Waals surface area contributed by atoms with Gasteiger partial charge in [0.1, 0.15) is 0 Å². The van der Waals surface area contributed by atoms with Gasteiger partial charge in [0.2, 0.25) is 5.91 Å². The number of amides is 1. The monoisotopic (exact) mass is 410 g/mol. The molecule has 1 amide bonds. The smallest absolute Gasteiger partial charge is 0.250 e. The van der Waals surface area contributed by atoms with Gasteiger partial charge in [-0.25, -0.2) is 4.85 Å². The van der Waals surface area contributed by atoms with Crippen LogP contribution in [0.3, 0.4) is 0 Å². The van der Waals surface area contributed by atoms with E-state index < -0.39 is 0 Å². The van der Waals surface area contributed by atoms with Crippen molar-refractivity contribution in [2.75, 3.05) is 26.2 Å². The summed E-state index contributed by atoms with van der Waals surface area (Å²) in [5.41, 5.74) is 5.74. The van der Waals surface area contributed by atoms with Crippen molar-refractivity contribution in [1.82, 2.24) is 15.5 Å². The summed E-state index contributed by atoms with van der Waals surface area (Å²) in [5.74, 6) is -0.171. The summed E-state index contributed by atoms with van der Waals surface area (Å²) in [6.45, 7) is 12.7. The Morgan fingerprint density at radius 1 is 1.00 bits per heavy atom. The first-order valence-corrected chi connectivity index (χ1v) is 10.6. The van der Waals surface area contributed by atoms with E-state index >= 15 is 0 Å². The van der Waals surface area contributed by atoms with Crippen molar-refractivity contribution in [3.63, 3.8) is 0 Å². The van der Waals surface area contributed by atoms with Crippen LogP contribution in [-0.4, -0.2) is 37.0 Å². The normalized spacial score (nSPS) is 14.0. The molecule has 156 valence electrons. The Balaban J connectivity index is 1.47. The molecule has 0 bridgehead atoms. The summed E-state index contributed by atoms with van der Waals surface area (Å²) in [5, 5.41) is 6.37. The van der Waals surface area contributed by atoms with E-state index in [0.717, 1.165) is 43.9 Å². The van der Waals surface area contributed by atoms with E-state index in [1.807, 2.05) is 12.1 Å².